The first kappa shape index (κ1) is 12.2. The number of anilines is 2. The van der Waals surface area contributed by atoms with Crippen LogP contribution in [0.4, 0.5) is 11.4 Å². The van der Waals surface area contributed by atoms with Gasteiger partial charge in [-0.15, -0.1) is 12.4 Å². The third-order valence-corrected chi connectivity index (χ3v) is 3.28. The summed E-state index contributed by atoms with van der Waals surface area (Å²) in [6, 6.07) is 8.46. The van der Waals surface area contributed by atoms with Gasteiger partial charge in [0.05, 0.1) is 17.9 Å². The summed E-state index contributed by atoms with van der Waals surface area (Å²) in [6.07, 6.45) is 1.11. The molecule has 2 aliphatic rings. The van der Waals surface area contributed by atoms with Crippen LogP contribution in [0.2, 0.25) is 0 Å². The van der Waals surface area contributed by atoms with Gasteiger partial charge in [0.15, 0.2) is 0 Å². The molecule has 2 N–H and O–H groups in total. The molecule has 17 heavy (non-hydrogen) atoms. The Bertz CT molecular complexity index is 418. The highest BCUT2D eigenvalue weighted by atomic mass is 35.5. The minimum absolute atomic E-state index is 0. The van der Waals surface area contributed by atoms with E-state index >= 15 is 0 Å². The van der Waals surface area contributed by atoms with Gasteiger partial charge in [0.2, 0.25) is 5.91 Å². The molecule has 1 amide bonds. The fourth-order valence-corrected chi connectivity index (χ4v) is 2.49. The molecule has 3 rings (SSSR count). The molecule has 1 aromatic carbocycles. The molecule has 5 heteroatoms. The largest absolute Gasteiger partial charge is 0.356 e. The van der Waals surface area contributed by atoms with Crippen molar-refractivity contribution in [3.8, 4) is 0 Å². The predicted molar refractivity (Wildman–Crippen MR) is 70.9 cm³/mol. The number of nitrogens with zero attached hydrogens (tertiary/aromatic N) is 1. The van der Waals surface area contributed by atoms with E-state index < -0.39 is 0 Å². The zero-order chi connectivity index (χ0) is 11.0. The highest BCUT2D eigenvalue weighted by Gasteiger charge is 2.29. The first-order chi connectivity index (χ1) is 7.84. The van der Waals surface area contributed by atoms with Gasteiger partial charge in [0.1, 0.15) is 0 Å². The molecular weight excluding hydrogens is 238 g/mol. The standard InChI is InChI=1S/C12H15N3O.ClH/c16-12-8-15(9-5-6-13-7-9)11-4-2-1-3-10(11)14-12;/h1-4,9,13H,5-8H2,(H,14,16);1H. The maximum Gasteiger partial charge on any atom is 0.243 e. The van der Waals surface area contributed by atoms with E-state index in [0.717, 1.165) is 30.9 Å². The van der Waals surface area contributed by atoms with Crippen molar-refractivity contribution < 1.29 is 4.79 Å². The Morgan fingerprint density at radius 2 is 2.12 bits per heavy atom. The Balaban J connectivity index is 0.00000108. The minimum atomic E-state index is 0. The second kappa shape index (κ2) is 4.94. The summed E-state index contributed by atoms with van der Waals surface area (Å²) >= 11 is 0. The van der Waals surface area contributed by atoms with E-state index in [2.05, 4.69) is 21.6 Å². The molecule has 0 aromatic heterocycles. The molecule has 0 saturated carbocycles. The Hall–Kier alpha value is -1.26. The van der Waals surface area contributed by atoms with Crippen LogP contribution in [0.25, 0.3) is 0 Å². The Labute approximate surface area is 107 Å². The third kappa shape index (κ3) is 2.23. The highest BCUT2D eigenvalue weighted by Crippen LogP contribution is 2.31. The topological polar surface area (TPSA) is 44.4 Å². The second-order valence-electron chi connectivity index (χ2n) is 4.34. The van der Waals surface area contributed by atoms with Gasteiger partial charge in [-0.1, -0.05) is 12.1 Å². The first-order valence-corrected chi connectivity index (χ1v) is 5.71. The monoisotopic (exact) mass is 253 g/mol. The number of carbonyl (C=O) groups is 1. The van der Waals surface area contributed by atoms with Crippen molar-refractivity contribution in [3.05, 3.63) is 24.3 Å². The normalized spacial score (nSPS) is 22.7. The number of carbonyl (C=O) groups excluding carboxylic acids is 1. The van der Waals surface area contributed by atoms with E-state index in [9.17, 15) is 4.79 Å². The van der Waals surface area contributed by atoms with Crippen molar-refractivity contribution in [1.82, 2.24) is 5.32 Å². The van der Waals surface area contributed by atoms with E-state index in [1.807, 2.05) is 18.2 Å². The summed E-state index contributed by atoms with van der Waals surface area (Å²) in [5, 5.41) is 6.25. The van der Waals surface area contributed by atoms with E-state index in [0.29, 0.717) is 12.6 Å². The lowest BCUT2D eigenvalue weighted by molar-refractivity contribution is -0.115. The van der Waals surface area contributed by atoms with Gasteiger partial charge in [-0.25, -0.2) is 0 Å². The molecule has 0 aliphatic carbocycles. The number of hydrogen-bond donors (Lipinski definition) is 2. The second-order valence-corrected chi connectivity index (χ2v) is 4.34. The van der Waals surface area contributed by atoms with E-state index in [4.69, 9.17) is 0 Å². The number of para-hydroxylation sites is 2. The van der Waals surface area contributed by atoms with Crippen molar-refractivity contribution >= 4 is 29.7 Å². The van der Waals surface area contributed by atoms with Gasteiger partial charge in [0, 0.05) is 12.6 Å². The van der Waals surface area contributed by atoms with Crippen LogP contribution in [0, 0.1) is 0 Å². The maximum atomic E-state index is 11.6. The molecule has 0 bridgehead atoms. The van der Waals surface area contributed by atoms with Gasteiger partial charge in [-0.3, -0.25) is 4.79 Å². The third-order valence-electron chi connectivity index (χ3n) is 3.28. The summed E-state index contributed by atoms with van der Waals surface area (Å²) < 4.78 is 0. The molecule has 1 aromatic rings. The van der Waals surface area contributed by atoms with Crippen LogP contribution in [-0.2, 0) is 4.79 Å². The van der Waals surface area contributed by atoms with E-state index in [-0.39, 0.29) is 18.3 Å². The van der Waals surface area contributed by atoms with Gasteiger partial charge >= 0.3 is 0 Å². The van der Waals surface area contributed by atoms with E-state index in [1.54, 1.807) is 0 Å². The number of hydrogen-bond acceptors (Lipinski definition) is 3. The van der Waals surface area contributed by atoms with Crippen molar-refractivity contribution in [3.63, 3.8) is 0 Å². The first-order valence-electron chi connectivity index (χ1n) is 5.71. The fraction of sp³-hybridized carbons (Fsp3) is 0.417. The summed E-state index contributed by atoms with van der Waals surface area (Å²) in [5.74, 6) is 0.0885. The minimum Gasteiger partial charge on any atom is -0.356 e. The van der Waals surface area contributed by atoms with Crippen LogP contribution in [-0.4, -0.2) is 31.6 Å². The molecule has 1 unspecified atom stereocenters. The highest BCUT2D eigenvalue weighted by molar-refractivity contribution is 6.01. The van der Waals surface area contributed by atoms with Crippen LogP contribution in [0.15, 0.2) is 24.3 Å². The number of benzene rings is 1. The van der Waals surface area contributed by atoms with Gasteiger partial charge in [-0.05, 0) is 25.1 Å². The van der Waals surface area contributed by atoms with Crippen LogP contribution in [0.5, 0.6) is 0 Å². The van der Waals surface area contributed by atoms with Crippen LogP contribution >= 0.6 is 12.4 Å². The van der Waals surface area contributed by atoms with Crippen molar-refractivity contribution in [2.75, 3.05) is 29.9 Å². The molecule has 1 fully saturated rings. The zero-order valence-corrected chi connectivity index (χ0v) is 10.3. The molecule has 2 aliphatic heterocycles. The van der Waals surface area contributed by atoms with Crippen LogP contribution < -0.4 is 15.5 Å². The lowest BCUT2D eigenvalue weighted by Crippen LogP contribution is -2.45. The number of fused-ring (bicyclic) bond motifs is 1. The Kier molecular flexibility index (Phi) is 3.54. The van der Waals surface area contributed by atoms with Crippen LogP contribution in [0.3, 0.4) is 0 Å². The molecule has 0 spiro atoms. The average molecular weight is 254 g/mol. The number of amides is 1. The Morgan fingerprint density at radius 3 is 2.88 bits per heavy atom. The summed E-state index contributed by atoms with van der Waals surface area (Å²) in [4.78, 5) is 13.8. The summed E-state index contributed by atoms with van der Waals surface area (Å²) in [6.45, 7) is 2.50. The van der Waals surface area contributed by atoms with Crippen molar-refractivity contribution in [2.24, 2.45) is 0 Å². The van der Waals surface area contributed by atoms with Gasteiger partial charge in [0.25, 0.3) is 0 Å². The zero-order valence-electron chi connectivity index (χ0n) is 9.48. The smallest absolute Gasteiger partial charge is 0.243 e. The molecule has 1 saturated heterocycles. The predicted octanol–water partition coefficient (Wildman–Crippen LogP) is 1.23. The maximum absolute atomic E-state index is 11.6. The number of nitrogens with one attached hydrogen (secondary N) is 2. The Morgan fingerprint density at radius 1 is 1.29 bits per heavy atom. The van der Waals surface area contributed by atoms with Crippen LogP contribution in [0.1, 0.15) is 6.42 Å². The summed E-state index contributed by atoms with van der Waals surface area (Å²) in [5.41, 5.74) is 2.08. The molecule has 0 radical (unpaired) electrons. The quantitative estimate of drug-likeness (QED) is 0.791. The van der Waals surface area contributed by atoms with Gasteiger partial charge < -0.3 is 15.5 Å². The number of halogens is 1. The molecule has 4 nitrogen and oxygen atoms in total. The molecule has 92 valence electrons. The lowest BCUT2D eigenvalue weighted by Gasteiger charge is -2.35. The SMILES string of the molecule is Cl.O=C1CN(C2CCNC2)c2ccccc2N1. The number of rotatable bonds is 1. The van der Waals surface area contributed by atoms with Gasteiger partial charge in [-0.2, -0.15) is 0 Å². The fourth-order valence-electron chi connectivity index (χ4n) is 2.49. The molecule has 1 atom stereocenters. The molecular formula is C12H16ClN3O. The van der Waals surface area contributed by atoms with E-state index in [1.165, 1.54) is 0 Å². The summed E-state index contributed by atoms with van der Waals surface area (Å²) in [7, 11) is 0. The molecule has 2 heterocycles. The van der Waals surface area contributed by atoms with Crippen molar-refractivity contribution in [1.29, 1.82) is 0 Å². The van der Waals surface area contributed by atoms with Crippen molar-refractivity contribution in [2.45, 2.75) is 12.5 Å². The average Bonchev–Trinajstić information content (AvgIpc) is 2.81. The lowest BCUT2D eigenvalue weighted by atomic mass is 10.1.